The Hall–Kier alpha value is -3.45. The van der Waals surface area contributed by atoms with Gasteiger partial charge in [0.1, 0.15) is 16.1 Å². The van der Waals surface area contributed by atoms with E-state index in [0.717, 1.165) is 27.5 Å². The third kappa shape index (κ3) is 3.40. The molecule has 4 aromatic rings. The number of carbonyl (C=O) groups is 2. The molecule has 1 amide bonds. The molecule has 146 valence electrons. The Morgan fingerprint density at radius 3 is 2.66 bits per heavy atom. The SMILES string of the molecule is CCc1cc(C(=O)OC)c(NC(=O)c2cc3c(ccc4ccccc43)oc2=N)s1. The molecule has 0 unspecified atom stereocenters. The summed E-state index contributed by atoms with van der Waals surface area (Å²) in [5, 5.41) is 14.0. The number of thiophene rings is 1. The molecule has 2 heterocycles. The first-order valence-electron chi connectivity index (χ1n) is 9.04. The Labute approximate surface area is 170 Å². The van der Waals surface area contributed by atoms with E-state index in [-0.39, 0.29) is 11.1 Å². The fourth-order valence-electron chi connectivity index (χ4n) is 3.20. The molecule has 29 heavy (non-hydrogen) atoms. The van der Waals surface area contributed by atoms with E-state index in [2.05, 4.69) is 5.32 Å². The van der Waals surface area contributed by atoms with Crippen molar-refractivity contribution in [2.45, 2.75) is 13.3 Å². The third-order valence-corrected chi connectivity index (χ3v) is 5.88. The number of ether oxygens (including phenoxy) is 1. The second-order valence-electron chi connectivity index (χ2n) is 6.44. The Morgan fingerprint density at radius 2 is 1.90 bits per heavy atom. The first-order chi connectivity index (χ1) is 14.0. The lowest BCUT2D eigenvalue weighted by Crippen LogP contribution is -2.21. The minimum atomic E-state index is -0.517. The lowest BCUT2D eigenvalue weighted by molar-refractivity contribution is 0.0602. The van der Waals surface area contributed by atoms with Gasteiger partial charge in [-0.2, -0.15) is 0 Å². The molecule has 0 spiro atoms. The zero-order valence-corrected chi connectivity index (χ0v) is 16.7. The van der Waals surface area contributed by atoms with Crippen LogP contribution < -0.4 is 10.9 Å². The molecule has 2 N–H and O–H groups in total. The van der Waals surface area contributed by atoms with Crippen molar-refractivity contribution < 1.29 is 18.7 Å². The van der Waals surface area contributed by atoms with Crippen LogP contribution in [0.15, 0.2) is 52.9 Å². The van der Waals surface area contributed by atoms with E-state index in [9.17, 15) is 9.59 Å². The molecule has 7 heteroatoms. The molecule has 0 aliphatic carbocycles. The number of anilines is 1. The van der Waals surface area contributed by atoms with Crippen LogP contribution in [0, 0.1) is 5.41 Å². The van der Waals surface area contributed by atoms with Gasteiger partial charge in [0.25, 0.3) is 5.91 Å². The Kier molecular flexibility index (Phi) is 4.90. The average Bonchev–Trinajstić information content (AvgIpc) is 3.15. The minimum Gasteiger partial charge on any atom is -0.465 e. The van der Waals surface area contributed by atoms with Crippen LogP contribution in [0.1, 0.15) is 32.5 Å². The number of carbonyl (C=O) groups excluding carboxylic acids is 2. The van der Waals surface area contributed by atoms with Gasteiger partial charge in [-0.3, -0.25) is 10.2 Å². The number of fused-ring (bicyclic) bond motifs is 3. The molecule has 2 aromatic carbocycles. The van der Waals surface area contributed by atoms with Crippen molar-refractivity contribution in [3.8, 4) is 0 Å². The van der Waals surface area contributed by atoms with Gasteiger partial charge in [0.2, 0.25) is 5.55 Å². The minimum absolute atomic E-state index is 0.0936. The van der Waals surface area contributed by atoms with Crippen molar-refractivity contribution in [3.05, 3.63) is 70.1 Å². The lowest BCUT2D eigenvalue weighted by atomic mass is 10.0. The monoisotopic (exact) mass is 406 g/mol. The first kappa shape index (κ1) is 18.9. The number of amides is 1. The summed E-state index contributed by atoms with van der Waals surface area (Å²) in [5.41, 5.74) is 0.690. The maximum absolute atomic E-state index is 12.9. The first-order valence-corrected chi connectivity index (χ1v) is 9.86. The summed E-state index contributed by atoms with van der Waals surface area (Å²) in [7, 11) is 1.30. The molecule has 0 radical (unpaired) electrons. The quantitative estimate of drug-likeness (QED) is 0.379. The van der Waals surface area contributed by atoms with Crippen LogP contribution in [0.4, 0.5) is 5.00 Å². The summed E-state index contributed by atoms with van der Waals surface area (Å²) in [4.78, 5) is 25.9. The second kappa shape index (κ2) is 7.52. The molecule has 4 rings (SSSR count). The van der Waals surface area contributed by atoms with Crippen LogP contribution in [0.25, 0.3) is 21.7 Å². The molecule has 0 fully saturated rings. The Bertz CT molecular complexity index is 1320. The van der Waals surface area contributed by atoms with Gasteiger partial charge in [-0.05, 0) is 35.4 Å². The molecular formula is C22H18N2O4S. The number of methoxy groups -OCH3 is 1. The summed E-state index contributed by atoms with van der Waals surface area (Å²) in [6.07, 6.45) is 0.728. The molecule has 0 aliphatic rings. The summed E-state index contributed by atoms with van der Waals surface area (Å²) in [6.45, 7) is 1.97. The van der Waals surface area contributed by atoms with Crippen molar-refractivity contribution in [2.24, 2.45) is 0 Å². The predicted octanol–water partition coefficient (Wildman–Crippen LogP) is 4.73. The van der Waals surface area contributed by atoms with Crippen LogP contribution in [-0.2, 0) is 11.2 Å². The summed E-state index contributed by atoms with van der Waals surface area (Å²) < 4.78 is 10.4. The molecule has 0 atom stereocenters. The number of hydrogen-bond acceptors (Lipinski definition) is 6. The van der Waals surface area contributed by atoms with Crippen LogP contribution in [-0.4, -0.2) is 19.0 Å². The zero-order valence-electron chi connectivity index (χ0n) is 15.9. The molecular weight excluding hydrogens is 388 g/mol. The fraction of sp³-hybridized carbons (Fsp3) is 0.136. The number of hydrogen-bond donors (Lipinski definition) is 2. The van der Waals surface area contributed by atoms with E-state index in [1.807, 2.05) is 37.3 Å². The highest BCUT2D eigenvalue weighted by Gasteiger charge is 2.20. The zero-order chi connectivity index (χ0) is 20.5. The number of esters is 1. The van der Waals surface area contributed by atoms with Crippen molar-refractivity contribution in [2.75, 3.05) is 12.4 Å². The largest absolute Gasteiger partial charge is 0.465 e. The van der Waals surface area contributed by atoms with E-state index in [1.54, 1.807) is 18.2 Å². The normalized spacial score (nSPS) is 11.0. The number of benzene rings is 2. The Morgan fingerprint density at radius 1 is 1.10 bits per heavy atom. The van der Waals surface area contributed by atoms with Gasteiger partial charge >= 0.3 is 5.97 Å². The molecule has 0 saturated carbocycles. The van der Waals surface area contributed by atoms with Gasteiger partial charge in [-0.25, -0.2) is 4.79 Å². The second-order valence-corrected chi connectivity index (χ2v) is 7.58. The van der Waals surface area contributed by atoms with Crippen molar-refractivity contribution in [1.82, 2.24) is 0 Å². The third-order valence-electron chi connectivity index (χ3n) is 4.68. The summed E-state index contributed by atoms with van der Waals surface area (Å²) >= 11 is 1.31. The van der Waals surface area contributed by atoms with Crippen LogP contribution in [0.3, 0.4) is 0 Å². The smallest absolute Gasteiger partial charge is 0.340 e. The molecule has 2 aromatic heterocycles. The molecule has 0 aliphatic heterocycles. The van der Waals surface area contributed by atoms with Crippen molar-refractivity contribution in [3.63, 3.8) is 0 Å². The van der Waals surface area contributed by atoms with Gasteiger partial charge in [-0.15, -0.1) is 11.3 Å². The van der Waals surface area contributed by atoms with E-state index < -0.39 is 11.9 Å². The van der Waals surface area contributed by atoms with Gasteiger partial charge in [0, 0.05) is 10.3 Å². The van der Waals surface area contributed by atoms with Crippen LogP contribution in [0.5, 0.6) is 0 Å². The van der Waals surface area contributed by atoms with Gasteiger partial charge in [-0.1, -0.05) is 37.3 Å². The standard InChI is InChI=1S/C22H18N2O4S/c1-3-13-10-17(22(26)27-2)21(29-13)24-20(25)16-11-15-14-7-5-4-6-12(14)8-9-18(15)28-19(16)23/h4-11,23H,3H2,1-2H3,(H,24,25). The number of rotatable bonds is 4. The lowest BCUT2D eigenvalue weighted by Gasteiger charge is -2.08. The highest BCUT2D eigenvalue weighted by molar-refractivity contribution is 7.16. The number of nitrogens with one attached hydrogen (secondary N) is 2. The van der Waals surface area contributed by atoms with E-state index in [4.69, 9.17) is 14.6 Å². The van der Waals surface area contributed by atoms with Gasteiger partial charge in [0.15, 0.2) is 0 Å². The Balaban J connectivity index is 1.79. The molecule has 0 saturated heterocycles. The van der Waals surface area contributed by atoms with Crippen molar-refractivity contribution in [1.29, 1.82) is 5.41 Å². The summed E-state index contributed by atoms with van der Waals surface area (Å²) in [5.74, 6) is -1.03. The summed E-state index contributed by atoms with van der Waals surface area (Å²) in [6, 6.07) is 14.9. The maximum atomic E-state index is 12.9. The fourth-order valence-corrected chi connectivity index (χ4v) is 4.18. The highest BCUT2D eigenvalue weighted by atomic mass is 32.1. The van der Waals surface area contributed by atoms with Crippen molar-refractivity contribution >= 4 is 50.0 Å². The van der Waals surface area contributed by atoms with Gasteiger partial charge in [0.05, 0.1) is 12.7 Å². The van der Waals surface area contributed by atoms with E-state index in [1.165, 1.54) is 18.4 Å². The van der Waals surface area contributed by atoms with Gasteiger partial charge < -0.3 is 14.5 Å². The number of aryl methyl sites for hydroxylation is 1. The molecule has 6 nitrogen and oxygen atoms in total. The maximum Gasteiger partial charge on any atom is 0.340 e. The van der Waals surface area contributed by atoms with Crippen LogP contribution >= 0.6 is 11.3 Å². The van der Waals surface area contributed by atoms with E-state index >= 15 is 0 Å². The topological polar surface area (TPSA) is 92.4 Å². The van der Waals surface area contributed by atoms with E-state index in [0.29, 0.717) is 16.1 Å². The molecule has 0 bridgehead atoms. The highest BCUT2D eigenvalue weighted by Crippen LogP contribution is 2.30. The predicted molar refractivity (Wildman–Crippen MR) is 113 cm³/mol. The van der Waals surface area contributed by atoms with Crippen LogP contribution in [0.2, 0.25) is 0 Å². The average molecular weight is 406 g/mol.